The molecule has 0 aliphatic carbocycles. The standard InChI is InChI=1S/C23H26N4O5/c1-15(2)13-24-21(28)20-22(29)26(14-16-6-5-7-19(12-16)32-4)23(30)27(25-20)17-8-10-18(31-3)11-9-17/h5-12,15H,13-14H2,1-4H3,(H,24,28). The minimum atomic E-state index is -0.760. The number of nitrogens with one attached hydrogen (secondary N) is 1. The smallest absolute Gasteiger partial charge is 0.352 e. The van der Waals surface area contributed by atoms with Crippen molar-refractivity contribution < 1.29 is 14.3 Å². The largest absolute Gasteiger partial charge is 0.497 e. The van der Waals surface area contributed by atoms with E-state index in [4.69, 9.17) is 9.47 Å². The molecule has 3 rings (SSSR count). The van der Waals surface area contributed by atoms with Crippen molar-refractivity contribution in [1.29, 1.82) is 0 Å². The molecule has 0 fully saturated rings. The quantitative estimate of drug-likeness (QED) is 0.576. The molecule has 32 heavy (non-hydrogen) atoms. The van der Waals surface area contributed by atoms with Crippen molar-refractivity contribution in [3.63, 3.8) is 0 Å². The summed E-state index contributed by atoms with van der Waals surface area (Å²) < 4.78 is 12.4. The van der Waals surface area contributed by atoms with E-state index in [1.807, 2.05) is 13.8 Å². The molecule has 0 saturated heterocycles. The first kappa shape index (κ1) is 22.8. The van der Waals surface area contributed by atoms with Crippen molar-refractivity contribution in [2.24, 2.45) is 5.92 Å². The van der Waals surface area contributed by atoms with E-state index in [1.54, 1.807) is 48.5 Å². The lowest BCUT2D eigenvalue weighted by Crippen LogP contribution is -2.46. The van der Waals surface area contributed by atoms with Crippen LogP contribution in [0.15, 0.2) is 58.1 Å². The zero-order valence-corrected chi connectivity index (χ0v) is 18.5. The number of hydrogen-bond donors (Lipinski definition) is 1. The molecule has 1 amide bonds. The third kappa shape index (κ3) is 5.05. The number of hydrogen-bond acceptors (Lipinski definition) is 6. The highest BCUT2D eigenvalue weighted by Gasteiger charge is 2.20. The molecule has 0 unspecified atom stereocenters. The minimum Gasteiger partial charge on any atom is -0.497 e. The van der Waals surface area contributed by atoms with E-state index >= 15 is 0 Å². The molecule has 168 valence electrons. The third-order valence-electron chi connectivity index (χ3n) is 4.74. The van der Waals surface area contributed by atoms with Crippen molar-refractivity contribution in [2.75, 3.05) is 20.8 Å². The van der Waals surface area contributed by atoms with Gasteiger partial charge in [-0.3, -0.25) is 14.2 Å². The summed E-state index contributed by atoms with van der Waals surface area (Å²) in [6.45, 7) is 4.20. The van der Waals surface area contributed by atoms with Crippen molar-refractivity contribution in [3.05, 3.63) is 80.6 Å². The van der Waals surface area contributed by atoms with Gasteiger partial charge in [-0.25, -0.2) is 4.79 Å². The third-order valence-corrected chi connectivity index (χ3v) is 4.74. The number of rotatable bonds is 8. The summed E-state index contributed by atoms with van der Waals surface area (Å²) >= 11 is 0. The van der Waals surface area contributed by atoms with Crippen LogP contribution in [0.25, 0.3) is 5.69 Å². The lowest BCUT2D eigenvalue weighted by Gasteiger charge is -2.13. The van der Waals surface area contributed by atoms with Crippen LogP contribution in [0.5, 0.6) is 11.5 Å². The second kappa shape index (κ2) is 9.95. The molecular formula is C23H26N4O5. The molecule has 0 aliphatic heterocycles. The maximum atomic E-state index is 13.2. The van der Waals surface area contributed by atoms with Crippen LogP contribution in [0.1, 0.15) is 29.9 Å². The second-order valence-corrected chi connectivity index (χ2v) is 7.59. The molecule has 0 saturated carbocycles. The highest BCUT2D eigenvalue weighted by Crippen LogP contribution is 2.14. The van der Waals surface area contributed by atoms with Gasteiger partial charge in [-0.15, -0.1) is 0 Å². The Morgan fingerprint density at radius 1 is 1.03 bits per heavy atom. The number of carbonyl (C=O) groups excluding carboxylic acids is 1. The number of ether oxygens (including phenoxy) is 2. The van der Waals surface area contributed by atoms with Gasteiger partial charge in [0, 0.05) is 6.54 Å². The second-order valence-electron chi connectivity index (χ2n) is 7.59. The van der Waals surface area contributed by atoms with Crippen LogP contribution >= 0.6 is 0 Å². The van der Waals surface area contributed by atoms with Crippen LogP contribution in [0.3, 0.4) is 0 Å². The predicted molar refractivity (Wildman–Crippen MR) is 120 cm³/mol. The molecule has 9 heteroatoms. The maximum absolute atomic E-state index is 13.2. The number of carbonyl (C=O) groups is 1. The van der Waals surface area contributed by atoms with Gasteiger partial charge < -0.3 is 14.8 Å². The lowest BCUT2D eigenvalue weighted by atomic mass is 10.2. The van der Waals surface area contributed by atoms with Gasteiger partial charge in [0.1, 0.15) is 11.5 Å². The van der Waals surface area contributed by atoms with Gasteiger partial charge in [-0.1, -0.05) is 26.0 Å². The molecule has 0 aliphatic rings. The van der Waals surface area contributed by atoms with Crippen molar-refractivity contribution in [2.45, 2.75) is 20.4 Å². The van der Waals surface area contributed by atoms with Gasteiger partial charge in [0.05, 0.1) is 26.5 Å². The Kier molecular flexibility index (Phi) is 7.09. The Morgan fingerprint density at radius 3 is 2.34 bits per heavy atom. The van der Waals surface area contributed by atoms with E-state index in [0.29, 0.717) is 29.3 Å². The average molecular weight is 438 g/mol. The summed E-state index contributed by atoms with van der Waals surface area (Å²) in [5.74, 6) is 0.743. The van der Waals surface area contributed by atoms with Gasteiger partial charge >= 0.3 is 5.69 Å². The Balaban J connectivity index is 2.14. The molecule has 9 nitrogen and oxygen atoms in total. The summed E-state index contributed by atoms with van der Waals surface area (Å²) in [4.78, 5) is 39.0. The van der Waals surface area contributed by atoms with Crippen molar-refractivity contribution in [3.8, 4) is 17.2 Å². The number of benzene rings is 2. The lowest BCUT2D eigenvalue weighted by molar-refractivity contribution is 0.0939. The Labute approximate surface area is 185 Å². The van der Waals surface area contributed by atoms with Crippen molar-refractivity contribution in [1.82, 2.24) is 19.7 Å². The molecule has 0 atom stereocenters. The SMILES string of the molecule is COc1ccc(-n2nc(C(=O)NCC(C)C)c(=O)n(Cc3cccc(OC)c3)c2=O)cc1. The molecule has 2 aromatic carbocycles. The number of aromatic nitrogens is 3. The van der Waals surface area contributed by atoms with Crippen LogP contribution in [0, 0.1) is 5.92 Å². The van der Waals surface area contributed by atoms with E-state index in [1.165, 1.54) is 14.2 Å². The van der Waals surface area contributed by atoms with E-state index < -0.39 is 17.2 Å². The first-order chi connectivity index (χ1) is 15.3. The Hall–Kier alpha value is -3.88. The normalized spacial score (nSPS) is 10.8. The molecule has 0 bridgehead atoms. The van der Waals surface area contributed by atoms with E-state index in [0.717, 1.165) is 9.25 Å². The molecule has 0 radical (unpaired) electrons. The molecule has 3 aromatic rings. The van der Waals surface area contributed by atoms with E-state index in [-0.39, 0.29) is 18.2 Å². The first-order valence-corrected chi connectivity index (χ1v) is 10.1. The van der Waals surface area contributed by atoms with Gasteiger partial charge in [0.25, 0.3) is 11.5 Å². The zero-order chi connectivity index (χ0) is 23.3. The Morgan fingerprint density at radius 2 is 1.72 bits per heavy atom. The van der Waals surface area contributed by atoms with Crippen LogP contribution < -0.4 is 26.0 Å². The summed E-state index contributed by atoms with van der Waals surface area (Å²) in [5.41, 5.74) is -0.714. The summed E-state index contributed by atoms with van der Waals surface area (Å²) in [6, 6.07) is 13.6. The molecule has 1 aromatic heterocycles. The minimum absolute atomic E-state index is 0.0436. The van der Waals surface area contributed by atoms with Gasteiger partial charge in [-0.2, -0.15) is 9.78 Å². The molecule has 0 spiro atoms. The van der Waals surface area contributed by atoms with Crippen LogP contribution in [0.4, 0.5) is 0 Å². The summed E-state index contributed by atoms with van der Waals surface area (Å²) in [6.07, 6.45) is 0. The number of amides is 1. The number of methoxy groups -OCH3 is 2. The zero-order valence-electron chi connectivity index (χ0n) is 18.5. The maximum Gasteiger partial charge on any atom is 0.352 e. The monoisotopic (exact) mass is 438 g/mol. The number of nitrogens with zero attached hydrogens (tertiary/aromatic N) is 3. The fraction of sp³-hybridized carbons (Fsp3) is 0.304. The first-order valence-electron chi connectivity index (χ1n) is 10.1. The summed E-state index contributed by atoms with van der Waals surface area (Å²) in [5, 5.41) is 6.80. The molecular weight excluding hydrogens is 412 g/mol. The highest BCUT2D eigenvalue weighted by atomic mass is 16.5. The summed E-state index contributed by atoms with van der Waals surface area (Å²) in [7, 11) is 3.07. The van der Waals surface area contributed by atoms with Crippen LogP contribution in [-0.2, 0) is 6.54 Å². The average Bonchev–Trinajstić information content (AvgIpc) is 2.80. The van der Waals surface area contributed by atoms with Crippen LogP contribution in [-0.4, -0.2) is 41.0 Å². The van der Waals surface area contributed by atoms with Crippen LogP contribution in [0.2, 0.25) is 0 Å². The van der Waals surface area contributed by atoms with Gasteiger partial charge in [0.15, 0.2) is 0 Å². The molecule has 1 heterocycles. The Bertz CT molecular complexity index is 1210. The highest BCUT2D eigenvalue weighted by molar-refractivity contribution is 5.91. The fourth-order valence-electron chi connectivity index (χ4n) is 3.02. The fourth-order valence-corrected chi connectivity index (χ4v) is 3.02. The van der Waals surface area contributed by atoms with Gasteiger partial charge in [0.2, 0.25) is 5.69 Å². The van der Waals surface area contributed by atoms with Gasteiger partial charge in [-0.05, 0) is 47.9 Å². The van der Waals surface area contributed by atoms with Crippen molar-refractivity contribution >= 4 is 5.91 Å². The van der Waals surface area contributed by atoms with E-state index in [9.17, 15) is 14.4 Å². The molecule has 1 N–H and O–H groups in total. The van der Waals surface area contributed by atoms with E-state index in [2.05, 4.69) is 10.4 Å². The topological polar surface area (TPSA) is 104 Å². The predicted octanol–water partition coefficient (Wildman–Crippen LogP) is 1.85.